The predicted octanol–water partition coefficient (Wildman–Crippen LogP) is 2.96. The maximum Gasteiger partial charge on any atom is 0.288 e. The Bertz CT molecular complexity index is 1010. The monoisotopic (exact) mass is 423 g/mol. The number of likely N-dealkylation sites (N-methyl/N-ethyl adjacent to an activating group) is 1. The molecule has 166 valence electrons. The Balaban J connectivity index is 1.43. The first-order chi connectivity index (χ1) is 15.0. The summed E-state index contributed by atoms with van der Waals surface area (Å²) in [5.41, 5.74) is 2.35. The van der Waals surface area contributed by atoms with Gasteiger partial charge in [-0.2, -0.15) is 4.98 Å². The number of H-pyrrole nitrogens is 2. The number of nitrogens with one attached hydrogen (secondary N) is 3. The van der Waals surface area contributed by atoms with Crippen LogP contribution in [0, 0.1) is 0 Å². The van der Waals surface area contributed by atoms with Crippen LogP contribution in [0.2, 0.25) is 0 Å². The Morgan fingerprint density at radius 1 is 1.32 bits per heavy atom. The molecule has 2 aromatic heterocycles. The number of nitrogens with zero attached hydrogens (tertiary/aromatic N) is 4. The molecule has 8 heteroatoms. The van der Waals surface area contributed by atoms with E-state index in [1.54, 1.807) is 0 Å². The minimum Gasteiger partial charge on any atom is -0.361 e. The summed E-state index contributed by atoms with van der Waals surface area (Å²) in [6.07, 6.45) is 5.92. The highest BCUT2D eigenvalue weighted by atomic mass is 16.2. The third-order valence-corrected chi connectivity index (χ3v) is 6.31. The zero-order valence-electron chi connectivity index (χ0n) is 18.7. The third-order valence-electron chi connectivity index (χ3n) is 6.31. The van der Waals surface area contributed by atoms with Crippen LogP contribution in [0.15, 0.2) is 30.5 Å². The fourth-order valence-electron chi connectivity index (χ4n) is 4.22. The van der Waals surface area contributed by atoms with E-state index in [1.165, 1.54) is 10.9 Å². The topological polar surface area (TPSA) is 92.9 Å². The Kier molecular flexibility index (Phi) is 6.56. The van der Waals surface area contributed by atoms with E-state index in [1.807, 2.05) is 6.07 Å². The van der Waals surface area contributed by atoms with Crippen molar-refractivity contribution >= 4 is 22.8 Å². The summed E-state index contributed by atoms with van der Waals surface area (Å²) in [7, 11) is 2.13. The van der Waals surface area contributed by atoms with Crippen molar-refractivity contribution in [3.63, 3.8) is 0 Å². The highest BCUT2D eigenvalue weighted by molar-refractivity contribution is 5.91. The Hall–Kier alpha value is -2.87. The maximum atomic E-state index is 12.9. The van der Waals surface area contributed by atoms with Crippen LogP contribution in [-0.2, 0) is 6.42 Å². The zero-order chi connectivity index (χ0) is 21.8. The summed E-state index contributed by atoms with van der Waals surface area (Å²) in [6, 6.07) is 8.76. The molecule has 0 radical (unpaired) electrons. The van der Waals surface area contributed by atoms with Gasteiger partial charge in [-0.1, -0.05) is 38.0 Å². The number of piperazine rings is 1. The van der Waals surface area contributed by atoms with E-state index in [4.69, 9.17) is 0 Å². The molecular formula is C23H33N7O. The van der Waals surface area contributed by atoms with Crippen LogP contribution in [-0.4, -0.2) is 69.7 Å². The lowest BCUT2D eigenvalue weighted by molar-refractivity contribution is 0.0924. The molecule has 2 unspecified atom stereocenters. The van der Waals surface area contributed by atoms with E-state index < -0.39 is 0 Å². The number of anilines is 1. The maximum absolute atomic E-state index is 12.9. The Labute approximate surface area is 183 Å². The van der Waals surface area contributed by atoms with E-state index in [0.29, 0.717) is 12.0 Å². The van der Waals surface area contributed by atoms with Gasteiger partial charge < -0.3 is 20.1 Å². The first-order valence-corrected chi connectivity index (χ1v) is 11.3. The molecule has 4 rings (SSSR count). The number of hydrogen-bond acceptors (Lipinski definition) is 5. The van der Waals surface area contributed by atoms with Gasteiger partial charge in [0.2, 0.25) is 11.8 Å². The smallest absolute Gasteiger partial charge is 0.288 e. The molecule has 1 fully saturated rings. The van der Waals surface area contributed by atoms with Gasteiger partial charge in [0, 0.05) is 48.8 Å². The van der Waals surface area contributed by atoms with Crippen molar-refractivity contribution in [3.05, 3.63) is 41.9 Å². The SMILES string of the molecule is CCCCC(Cc1c[nH]c2ccccc12)NC(=O)c1nc(N2CCN(C)C(C)C2)n[nH]1. The van der Waals surface area contributed by atoms with E-state index in [0.717, 1.165) is 50.8 Å². The molecule has 0 aliphatic carbocycles. The Morgan fingerprint density at radius 3 is 2.97 bits per heavy atom. The molecule has 1 aliphatic heterocycles. The molecule has 1 saturated heterocycles. The first-order valence-electron chi connectivity index (χ1n) is 11.3. The van der Waals surface area contributed by atoms with E-state index in [2.05, 4.69) is 80.6 Å². The van der Waals surface area contributed by atoms with Crippen LogP contribution in [0.25, 0.3) is 10.9 Å². The van der Waals surface area contributed by atoms with Crippen LogP contribution < -0.4 is 10.2 Å². The molecule has 3 N–H and O–H groups in total. The number of para-hydroxylation sites is 1. The van der Waals surface area contributed by atoms with Crippen LogP contribution in [0.4, 0.5) is 5.95 Å². The summed E-state index contributed by atoms with van der Waals surface area (Å²) in [5, 5.41) is 11.6. The predicted molar refractivity (Wildman–Crippen MR) is 123 cm³/mol. The molecule has 8 nitrogen and oxygen atoms in total. The molecule has 1 amide bonds. The van der Waals surface area contributed by atoms with Gasteiger partial charge in [-0.25, -0.2) is 0 Å². The molecule has 0 bridgehead atoms. The summed E-state index contributed by atoms with van der Waals surface area (Å²) in [5.74, 6) is 0.690. The quantitative estimate of drug-likeness (QED) is 0.518. The molecule has 31 heavy (non-hydrogen) atoms. The van der Waals surface area contributed by atoms with Crippen LogP contribution in [0.1, 0.15) is 49.3 Å². The summed E-state index contributed by atoms with van der Waals surface area (Å²) in [6.45, 7) is 7.04. The molecular weight excluding hydrogens is 390 g/mol. The fraction of sp³-hybridized carbons (Fsp3) is 0.522. The average Bonchev–Trinajstić information content (AvgIpc) is 3.42. The largest absolute Gasteiger partial charge is 0.361 e. The van der Waals surface area contributed by atoms with Crippen molar-refractivity contribution < 1.29 is 4.79 Å². The minimum absolute atomic E-state index is 0.0452. The molecule has 1 aromatic carbocycles. The van der Waals surface area contributed by atoms with Gasteiger partial charge in [0.25, 0.3) is 5.91 Å². The van der Waals surface area contributed by atoms with E-state index in [9.17, 15) is 4.79 Å². The third kappa shape index (κ3) is 4.90. The van der Waals surface area contributed by atoms with Crippen LogP contribution in [0.3, 0.4) is 0 Å². The lowest BCUT2D eigenvalue weighted by Crippen LogP contribution is -2.50. The molecule has 0 spiro atoms. The van der Waals surface area contributed by atoms with Gasteiger partial charge in [0.15, 0.2) is 0 Å². The summed E-state index contributed by atoms with van der Waals surface area (Å²) >= 11 is 0. The van der Waals surface area contributed by atoms with E-state index >= 15 is 0 Å². The second kappa shape index (κ2) is 9.51. The molecule has 2 atom stereocenters. The van der Waals surface area contributed by atoms with Gasteiger partial charge >= 0.3 is 0 Å². The van der Waals surface area contributed by atoms with E-state index in [-0.39, 0.29) is 17.8 Å². The number of hydrogen-bond donors (Lipinski definition) is 3. The van der Waals surface area contributed by atoms with Gasteiger partial charge in [0.05, 0.1) is 0 Å². The van der Waals surface area contributed by atoms with Crippen LogP contribution in [0.5, 0.6) is 0 Å². The van der Waals surface area contributed by atoms with Gasteiger partial charge in [0.1, 0.15) is 0 Å². The van der Waals surface area contributed by atoms with Gasteiger partial charge in [-0.15, -0.1) is 5.10 Å². The fourth-order valence-corrected chi connectivity index (χ4v) is 4.22. The highest BCUT2D eigenvalue weighted by Gasteiger charge is 2.25. The summed E-state index contributed by atoms with van der Waals surface area (Å²) < 4.78 is 0. The second-order valence-electron chi connectivity index (χ2n) is 8.64. The standard InChI is InChI=1S/C23H33N7O/c1-4-5-8-18(13-17-14-24-20-10-7-6-9-19(17)20)25-22(31)21-26-23(28-27-21)30-12-11-29(3)16(2)15-30/h6-7,9-10,14,16,18,24H,4-5,8,11-13,15H2,1-3H3,(H,25,31)(H,26,27,28). The van der Waals surface area contributed by atoms with Gasteiger partial charge in [-0.05, 0) is 38.4 Å². The number of rotatable bonds is 8. The zero-order valence-corrected chi connectivity index (χ0v) is 18.7. The van der Waals surface area contributed by atoms with Crippen molar-refractivity contribution in [3.8, 4) is 0 Å². The Morgan fingerprint density at radius 2 is 2.16 bits per heavy atom. The van der Waals surface area contributed by atoms with Gasteiger partial charge in [-0.3, -0.25) is 9.89 Å². The number of carbonyl (C=O) groups is 1. The van der Waals surface area contributed by atoms with Crippen LogP contribution >= 0.6 is 0 Å². The number of aromatic amines is 2. The van der Waals surface area contributed by atoms with Crippen molar-refractivity contribution in [2.75, 3.05) is 31.6 Å². The molecule has 1 aliphatic rings. The van der Waals surface area contributed by atoms with Crippen molar-refractivity contribution in [2.45, 2.75) is 51.6 Å². The number of amides is 1. The number of aromatic nitrogens is 4. The van der Waals surface area contributed by atoms with Crippen molar-refractivity contribution in [2.24, 2.45) is 0 Å². The first kappa shape index (κ1) is 21.4. The van der Waals surface area contributed by atoms with Crippen molar-refractivity contribution in [1.82, 2.24) is 30.4 Å². The minimum atomic E-state index is -0.193. The molecule has 0 saturated carbocycles. The molecule has 3 aromatic rings. The number of carbonyl (C=O) groups excluding carboxylic acids is 1. The number of fused-ring (bicyclic) bond motifs is 1. The number of benzene rings is 1. The second-order valence-corrected chi connectivity index (χ2v) is 8.64. The normalized spacial score (nSPS) is 18.4. The average molecular weight is 424 g/mol. The highest BCUT2D eigenvalue weighted by Crippen LogP contribution is 2.21. The van der Waals surface area contributed by atoms with Crippen molar-refractivity contribution in [1.29, 1.82) is 0 Å². The lowest BCUT2D eigenvalue weighted by Gasteiger charge is -2.37. The number of unbranched alkanes of at least 4 members (excludes halogenated alkanes) is 1. The summed E-state index contributed by atoms with van der Waals surface area (Å²) in [4.78, 5) is 25.2. The molecule has 3 heterocycles. The lowest BCUT2D eigenvalue weighted by atomic mass is 10.0.